The van der Waals surface area contributed by atoms with Crippen molar-refractivity contribution in [3.05, 3.63) is 60.0 Å². The molecule has 0 aliphatic carbocycles. The summed E-state index contributed by atoms with van der Waals surface area (Å²) in [5.41, 5.74) is 1.39. The van der Waals surface area contributed by atoms with Gasteiger partial charge in [-0.25, -0.2) is 0 Å². The van der Waals surface area contributed by atoms with Crippen molar-refractivity contribution >= 4 is 5.91 Å². The molecule has 25 heavy (non-hydrogen) atoms. The topological polar surface area (TPSA) is 86.5 Å². The first-order valence-electron chi connectivity index (χ1n) is 7.61. The molecule has 0 spiro atoms. The maximum Gasteiger partial charge on any atom is 0.264 e. The second kappa shape index (κ2) is 7.48. The van der Waals surface area contributed by atoms with Crippen LogP contribution in [0.3, 0.4) is 0 Å². The van der Waals surface area contributed by atoms with E-state index in [9.17, 15) is 4.79 Å². The highest BCUT2D eigenvalue weighted by Gasteiger charge is 2.10. The van der Waals surface area contributed by atoms with Gasteiger partial charge in [-0.15, -0.1) is 0 Å². The van der Waals surface area contributed by atoms with Gasteiger partial charge in [-0.2, -0.15) is 4.98 Å². The van der Waals surface area contributed by atoms with Gasteiger partial charge in [-0.3, -0.25) is 4.79 Å². The summed E-state index contributed by atoms with van der Waals surface area (Å²) in [5, 5.41) is 6.51. The third-order valence-corrected chi connectivity index (χ3v) is 3.52. The molecule has 0 saturated carbocycles. The number of benzene rings is 2. The summed E-state index contributed by atoms with van der Waals surface area (Å²) in [6.45, 7) is 0.141. The van der Waals surface area contributed by atoms with Crippen LogP contribution in [-0.4, -0.2) is 30.2 Å². The lowest BCUT2D eigenvalue weighted by atomic mass is 10.2. The van der Waals surface area contributed by atoms with Crippen LogP contribution in [0.4, 0.5) is 0 Å². The highest BCUT2D eigenvalue weighted by molar-refractivity contribution is 5.94. The Morgan fingerprint density at radius 1 is 1.08 bits per heavy atom. The monoisotopic (exact) mass is 339 g/mol. The largest absolute Gasteiger partial charge is 0.497 e. The molecule has 0 aliphatic rings. The summed E-state index contributed by atoms with van der Waals surface area (Å²) in [5.74, 6) is 2.07. The molecule has 0 radical (unpaired) electrons. The number of nitrogens with zero attached hydrogens (tertiary/aromatic N) is 2. The number of aromatic nitrogens is 2. The van der Waals surface area contributed by atoms with Crippen LogP contribution < -0.4 is 14.8 Å². The van der Waals surface area contributed by atoms with Crippen LogP contribution in [0.25, 0.3) is 11.4 Å². The molecule has 128 valence electrons. The van der Waals surface area contributed by atoms with Gasteiger partial charge in [0.25, 0.3) is 11.8 Å². The quantitative estimate of drug-likeness (QED) is 0.743. The first-order chi connectivity index (χ1) is 12.2. The van der Waals surface area contributed by atoms with Crippen LogP contribution >= 0.6 is 0 Å². The average Bonchev–Trinajstić information content (AvgIpc) is 3.15. The number of hydrogen-bond acceptors (Lipinski definition) is 6. The molecule has 1 aromatic heterocycles. The Labute approximate surface area is 144 Å². The number of carbonyl (C=O) groups excluding carboxylic acids is 1. The standard InChI is InChI=1S/C18H17N3O4/c1-19-18(22)13-5-9-15(10-6-13)24-11-16-20-17(21-25-16)12-3-7-14(23-2)8-4-12/h3-10H,11H2,1-2H3,(H,19,22). The number of ether oxygens (including phenoxy) is 2. The van der Waals surface area contributed by atoms with E-state index in [1.807, 2.05) is 24.3 Å². The summed E-state index contributed by atoms with van der Waals surface area (Å²) in [4.78, 5) is 15.8. The highest BCUT2D eigenvalue weighted by atomic mass is 16.5. The molecule has 1 N–H and O–H groups in total. The van der Waals surface area contributed by atoms with E-state index in [2.05, 4.69) is 15.5 Å². The molecule has 1 heterocycles. The van der Waals surface area contributed by atoms with Gasteiger partial charge in [0.15, 0.2) is 6.61 Å². The minimum Gasteiger partial charge on any atom is -0.497 e. The molecule has 0 saturated heterocycles. The van der Waals surface area contributed by atoms with Gasteiger partial charge in [0.2, 0.25) is 5.82 Å². The van der Waals surface area contributed by atoms with Gasteiger partial charge in [-0.1, -0.05) is 5.16 Å². The van der Waals surface area contributed by atoms with Gasteiger partial charge in [-0.05, 0) is 48.5 Å². The molecule has 3 aromatic rings. The zero-order valence-electron chi connectivity index (χ0n) is 13.9. The van der Waals surface area contributed by atoms with Crippen LogP contribution in [0.5, 0.6) is 11.5 Å². The zero-order valence-corrected chi connectivity index (χ0v) is 13.9. The third kappa shape index (κ3) is 3.95. The smallest absolute Gasteiger partial charge is 0.264 e. The molecule has 0 atom stereocenters. The molecule has 0 fully saturated rings. The number of methoxy groups -OCH3 is 1. The normalized spacial score (nSPS) is 10.3. The Kier molecular flexibility index (Phi) is 4.94. The van der Waals surface area contributed by atoms with Gasteiger partial charge in [0.05, 0.1) is 7.11 Å². The van der Waals surface area contributed by atoms with Crippen molar-refractivity contribution in [3.63, 3.8) is 0 Å². The number of nitrogens with one attached hydrogen (secondary N) is 1. The summed E-state index contributed by atoms with van der Waals surface area (Å²) in [6, 6.07) is 14.2. The van der Waals surface area contributed by atoms with Crippen molar-refractivity contribution < 1.29 is 18.8 Å². The van der Waals surface area contributed by atoms with Crippen molar-refractivity contribution in [3.8, 4) is 22.9 Å². The molecular weight excluding hydrogens is 322 g/mol. The van der Waals surface area contributed by atoms with E-state index < -0.39 is 0 Å². The number of carbonyl (C=O) groups is 1. The highest BCUT2D eigenvalue weighted by Crippen LogP contribution is 2.20. The van der Waals surface area contributed by atoms with E-state index in [4.69, 9.17) is 14.0 Å². The molecule has 0 aliphatic heterocycles. The van der Waals surface area contributed by atoms with Crippen molar-refractivity contribution in [2.75, 3.05) is 14.2 Å². The van der Waals surface area contributed by atoms with Gasteiger partial charge in [0, 0.05) is 18.2 Å². The van der Waals surface area contributed by atoms with E-state index in [1.165, 1.54) is 0 Å². The predicted molar refractivity (Wildman–Crippen MR) is 90.5 cm³/mol. The molecule has 0 unspecified atom stereocenters. The summed E-state index contributed by atoms with van der Waals surface area (Å²) < 4.78 is 15.9. The van der Waals surface area contributed by atoms with Crippen LogP contribution in [0.15, 0.2) is 53.1 Å². The fourth-order valence-electron chi connectivity index (χ4n) is 2.16. The first-order valence-corrected chi connectivity index (χ1v) is 7.61. The minimum atomic E-state index is -0.146. The predicted octanol–water partition coefficient (Wildman–Crippen LogP) is 2.68. The Morgan fingerprint density at radius 2 is 1.76 bits per heavy atom. The molecule has 0 bridgehead atoms. The Bertz CT molecular complexity index is 842. The Hall–Kier alpha value is -3.35. The Balaban J connectivity index is 1.62. The fourth-order valence-corrected chi connectivity index (χ4v) is 2.16. The van der Waals surface area contributed by atoms with Crippen LogP contribution in [-0.2, 0) is 6.61 Å². The second-order valence-electron chi connectivity index (χ2n) is 5.13. The summed E-state index contributed by atoms with van der Waals surface area (Å²) in [7, 11) is 3.20. The summed E-state index contributed by atoms with van der Waals surface area (Å²) in [6.07, 6.45) is 0. The molecule has 7 nitrogen and oxygen atoms in total. The van der Waals surface area contributed by atoms with Crippen molar-refractivity contribution in [1.29, 1.82) is 0 Å². The van der Waals surface area contributed by atoms with Gasteiger partial charge < -0.3 is 19.3 Å². The number of hydrogen-bond donors (Lipinski definition) is 1. The molecular formula is C18H17N3O4. The Morgan fingerprint density at radius 3 is 2.40 bits per heavy atom. The van der Waals surface area contributed by atoms with Crippen molar-refractivity contribution in [2.45, 2.75) is 6.61 Å². The van der Waals surface area contributed by atoms with E-state index in [-0.39, 0.29) is 12.5 Å². The van der Waals surface area contributed by atoms with E-state index in [0.29, 0.717) is 23.0 Å². The van der Waals surface area contributed by atoms with Crippen LogP contribution in [0, 0.1) is 0 Å². The zero-order chi connectivity index (χ0) is 17.6. The van der Waals surface area contributed by atoms with Crippen molar-refractivity contribution in [2.24, 2.45) is 0 Å². The molecule has 7 heteroatoms. The average molecular weight is 339 g/mol. The lowest BCUT2D eigenvalue weighted by molar-refractivity contribution is 0.0963. The van der Waals surface area contributed by atoms with E-state index in [1.54, 1.807) is 38.4 Å². The third-order valence-electron chi connectivity index (χ3n) is 3.52. The van der Waals surface area contributed by atoms with Crippen molar-refractivity contribution in [1.82, 2.24) is 15.5 Å². The minimum absolute atomic E-state index is 0.141. The van der Waals surface area contributed by atoms with Gasteiger partial charge in [0.1, 0.15) is 11.5 Å². The van der Waals surface area contributed by atoms with Gasteiger partial charge >= 0.3 is 0 Å². The first kappa shape index (κ1) is 16.5. The maximum atomic E-state index is 11.5. The van der Waals surface area contributed by atoms with E-state index >= 15 is 0 Å². The SMILES string of the molecule is CNC(=O)c1ccc(OCc2nc(-c3ccc(OC)cc3)no2)cc1. The molecule has 3 rings (SSSR count). The van der Waals surface area contributed by atoms with Crippen LogP contribution in [0.1, 0.15) is 16.2 Å². The van der Waals surface area contributed by atoms with Crippen LogP contribution in [0.2, 0.25) is 0 Å². The number of rotatable bonds is 6. The second-order valence-corrected chi connectivity index (χ2v) is 5.13. The lowest BCUT2D eigenvalue weighted by Gasteiger charge is -2.04. The summed E-state index contributed by atoms with van der Waals surface area (Å²) >= 11 is 0. The maximum absolute atomic E-state index is 11.5. The molecule has 2 aromatic carbocycles. The fraction of sp³-hybridized carbons (Fsp3) is 0.167. The lowest BCUT2D eigenvalue weighted by Crippen LogP contribution is -2.17. The molecule has 1 amide bonds. The van der Waals surface area contributed by atoms with E-state index in [0.717, 1.165) is 11.3 Å². The number of amides is 1.